The SMILES string of the molecule is CCOC(=O)c1ccc(N=C2NC(=O)S/C2=C\c2ccccc2O)cc1. The molecule has 132 valence electrons. The molecule has 0 atom stereocenters. The van der Waals surface area contributed by atoms with Gasteiger partial charge < -0.3 is 15.2 Å². The van der Waals surface area contributed by atoms with Crippen LogP contribution in [0.3, 0.4) is 0 Å². The number of rotatable bonds is 4. The Morgan fingerprint density at radius 3 is 2.65 bits per heavy atom. The molecule has 0 bridgehead atoms. The zero-order chi connectivity index (χ0) is 18.5. The van der Waals surface area contributed by atoms with Gasteiger partial charge in [0, 0.05) is 5.56 Å². The molecule has 7 heteroatoms. The van der Waals surface area contributed by atoms with Crippen LogP contribution in [-0.2, 0) is 4.74 Å². The minimum Gasteiger partial charge on any atom is -0.507 e. The highest BCUT2D eigenvalue weighted by Gasteiger charge is 2.24. The number of benzene rings is 2. The van der Waals surface area contributed by atoms with E-state index in [2.05, 4.69) is 10.3 Å². The summed E-state index contributed by atoms with van der Waals surface area (Å²) in [5.74, 6) is 0.127. The normalized spacial score (nSPS) is 16.7. The average molecular weight is 368 g/mol. The van der Waals surface area contributed by atoms with Crippen LogP contribution in [0.4, 0.5) is 10.5 Å². The number of nitrogens with one attached hydrogen (secondary N) is 1. The first-order chi connectivity index (χ1) is 12.6. The van der Waals surface area contributed by atoms with Crippen molar-refractivity contribution in [1.82, 2.24) is 5.32 Å². The largest absolute Gasteiger partial charge is 0.507 e. The van der Waals surface area contributed by atoms with E-state index < -0.39 is 5.97 Å². The fourth-order valence-electron chi connectivity index (χ4n) is 2.28. The number of aliphatic imine (C=N–C) groups is 1. The summed E-state index contributed by atoms with van der Waals surface area (Å²) < 4.78 is 4.94. The summed E-state index contributed by atoms with van der Waals surface area (Å²) in [7, 11) is 0. The van der Waals surface area contributed by atoms with Gasteiger partial charge in [-0.15, -0.1) is 0 Å². The molecule has 0 aromatic heterocycles. The molecule has 1 aliphatic rings. The number of aromatic hydroxyl groups is 1. The van der Waals surface area contributed by atoms with Crippen LogP contribution in [0.5, 0.6) is 5.75 Å². The number of phenols is 1. The Labute approximate surface area is 154 Å². The van der Waals surface area contributed by atoms with Crippen LogP contribution in [0.25, 0.3) is 6.08 Å². The van der Waals surface area contributed by atoms with Crippen LogP contribution in [0.1, 0.15) is 22.8 Å². The molecule has 2 N–H and O–H groups in total. The van der Waals surface area contributed by atoms with Gasteiger partial charge >= 0.3 is 5.97 Å². The van der Waals surface area contributed by atoms with E-state index in [9.17, 15) is 14.7 Å². The molecule has 0 saturated carbocycles. The van der Waals surface area contributed by atoms with Crippen molar-refractivity contribution in [1.29, 1.82) is 0 Å². The topological polar surface area (TPSA) is 88.0 Å². The van der Waals surface area contributed by atoms with E-state index in [0.717, 1.165) is 11.8 Å². The molecule has 0 radical (unpaired) electrons. The minimum atomic E-state index is -0.392. The van der Waals surface area contributed by atoms with Crippen LogP contribution >= 0.6 is 11.8 Å². The van der Waals surface area contributed by atoms with Crippen molar-refractivity contribution in [3.63, 3.8) is 0 Å². The van der Waals surface area contributed by atoms with Gasteiger partial charge in [-0.25, -0.2) is 9.79 Å². The lowest BCUT2D eigenvalue weighted by Crippen LogP contribution is -2.18. The number of thioether (sulfide) groups is 1. The second-order valence-corrected chi connectivity index (χ2v) is 6.32. The lowest BCUT2D eigenvalue weighted by molar-refractivity contribution is 0.0526. The molecule has 2 aromatic rings. The maximum atomic E-state index is 11.8. The highest BCUT2D eigenvalue weighted by Crippen LogP contribution is 2.30. The number of para-hydroxylation sites is 1. The van der Waals surface area contributed by atoms with Gasteiger partial charge in [-0.2, -0.15) is 0 Å². The number of hydrogen-bond acceptors (Lipinski definition) is 6. The third-order valence-electron chi connectivity index (χ3n) is 3.50. The summed E-state index contributed by atoms with van der Waals surface area (Å²) >= 11 is 1.01. The second kappa shape index (κ2) is 7.88. The maximum absolute atomic E-state index is 11.8. The lowest BCUT2D eigenvalue weighted by Gasteiger charge is -2.03. The molecule has 26 heavy (non-hydrogen) atoms. The summed E-state index contributed by atoms with van der Waals surface area (Å²) in [6.07, 6.45) is 1.70. The van der Waals surface area contributed by atoms with Crippen molar-refractivity contribution in [2.45, 2.75) is 6.92 Å². The molecule has 2 aromatic carbocycles. The third-order valence-corrected chi connectivity index (χ3v) is 4.32. The van der Waals surface area contributed by atoms with Crippen LogP contribution < -0.4 is 5.32 Å². The maximum Gasteiger partial charge on any atom is 0.338 e. The Balaban J connectivity index is 1.87. The van der Waals surface area contributed by atoms with E-state index in [1.165, 1.54) is 0 Å². The summed E-state index contributed by atoms with van der Waals surface area (Å²) in [6, 6.07) is 13.4. The highest BCUT2D eigenvalue weighted by atomic mass is 32.2. The Bertz CT molecular complexity index is 904. The number of carbonyl (C=O) groups is 2. The van der Waals surface area contributed by atoms with Crippen molar-refractivity contribution in [3.8, 4) is 5.75 Å². The van der Waals surface area contributed by atoms with Gasteiger partial charge in [0.15, 0.2) is 0 Å². The molecule has 1 heterocycles. The van der Waals surface area contributed by atoms with E-state index in [4.69, 9.17) is 4.74 Å². The van der Waals surface area contributed by atoms with Crippen molar-refractivity contribution in [2.24, 2.45) is 4.99 Å². The molecule has 0 spiro atoms. The van der Waals surface area contributed by atoms with Crippen LogP contribution in [0.15, 0.2) is 58.4 Å². The standard InChI is InChI=1S/C19H16N2O4S/c1-2-25-18(23)12-7-9-14(10-8-12)20-17-16(26-19(24)21-17)11-13-5-3-4-6-15(13)22/h3-11,22H,2H2,1H3,(H,20,21,24)/b16-11-. The quantitative estimate of drug-likeness (QED) is 0.794. The molecule has 6 nitrogen and oxygen atoms in total. The van der Waals surface area contributed by atoms with Gasteiger partial charge in [-0.1, -0.05) is 18.2 Å². The molecule has 1 aliphatic heterocycles. The van der Waals surface area contributed by atoms with Gasteiger partial charge in [-0.05, 0) is 55.1 Å². The van der Waals surface area contributed by atoms with Gasteiger partial charge in [-0.3, -0.25) is 4.79 Å². The summed E-state index contributed by atoms with van der Waals surface area (Å²) in [5.41, 5.74) is 1.61. The van der Waals surface area contributed by atoms with E-state index >= 15 is 0 Å². The highest BCUT2D eigenvalue weighted by molar-refractivity contribution is 8.18. The molecule has 1 saturated heterocycles. The fourth-order valence-corrected chi connectivity index (χ4v) is 3.01. The molecule has 0 aliphatic carbocycles. The molecule has 1 amide bonds. The number of carbonyl (C=O) groups excluding carboxylic acids is 2. The Morgan fingerprint density at radius 1 is 1.23 bits per heavy atom. The number of esters is 1. The molecular formula is C19H16N2O4S. The van der Waals surface area contributed by atoms with Gasteiger partial charge in [0.25, 0.3) is 5.24 Å². The van der Waals surface area contributed by atoms with Crippen LogP contribution in [-0.4, -0.2) is 28.8 Å². The number of ether oxygens (including phenoxy) is 1. The molecule has 1 fully saturated rings. The monoisotopic (exact) mass is 368 g/mol. The lowest BCUT2D eigenvalue weighted by atomic mass is 10.2. The molecular weight excluding hydrogens is 352 g/mol. The summed E-state index contributed by atoms with van der Waals surface area (Å²) in [6.45, 7) is 2.06. The van der Waals surface area contributed by atoms with Gasteiger partial charge in [0.1, 0.15) is 11.6 Å². The zero-order valence-electron chi connectivity index (χ0n) is 13.9. The van der Waals surface area contributed by atoms with Crippen molar-refractivity contribution in [3.05, 3.63) is 64.6 Å². The van der Waals surface area contributed by atoms with E-state index in [-0.39, 0.29) is 11.0 Å². The average Bonchev–Trinajstić information content (AvgIpc) is 2.97. The number of hydrogen-bond donors (Lipinski definition) is 2. The number of nitrogens with zero attached hydrogens (tertiary/aromatic N) is 1. The summed E-state index contributed by atoms with van der Waals surface area (Å²) in [4.78, 5) is 28.5. The molecule has 0 unspecified atom stereocenters. The number of amides is 1. The first kappa shape index (κ1) is 17.8. The predicted molar refractivity (Wildman–Crippen MR) is 102 cm³/mol. The van der Waals surface area contributed by atoms with Crippen LogP contribution in [0, 0.1) is 0 Å². The van der Waals surface area contributed by atoms with Crippen LogP contribution in [0.2, 0.25) is 0 Å². The first-order valence-corrected chi connectivity index (χ1v) is 8.73. The Kier molecular flexibility index (Phi) is 5.38. The zero-order valence-corrected chi connectivity index (χ0v) is 14.7. The minimum absolute atomic E-state index is 0.123. The van der Waals surface area contributed by atoms with E-state index in [0.29, 0.717) is 34.2 Å². The number of phenolic OH excluding ortho intramolecular Hbond substituents is 1. The van der Waals surface area contributed by atoms with Crippen molar-refractivity contribution in [2.75, 3.05) is 6.61 Å². The second-order valence-electron chi connectivity index (χ2n) is 5.31. The van der Waals surface area contributed by atoms with Gasteiger partial charge in [0.05, 0.1) is 22.8 Å². The Hall–Kier alpha value is -3.06. The Morgan fingerprint density at radius 2 is 1.96 bits per heavy atom. The van der Waals surface area contributed by atoms with Crippen molar-refractivity contribution >= 4 is 40.6 Å². The first-order valence-electron chi connectivity index (χ1n) is 7.91. The fraction of sp³-hybridized carbons (Fsp3) is 0.105. The van der Waals surface area contributed by atoms with Gasteiger partial charge in [0.2, 0.25) is 0 Å². The third kappa shape index (κ3) is 4.12. The van der Waals surface area contributed by atoms with Crippen molar-refractivity contribution < 1.29 is 19.4 Å². The smallest absolute Gasteiger partial charge is 0.338 e. The van der Waals surface area contributed by atoms with E-state index in [1.807, 2.05) is 0 Å². The molecule has 3 rings (SSSR count). The predicted octanol–water partition coefficient (Wildman–Crippen LogP) is 4.10. The summed E-state index contributed by atoms with van der Waals surface area (Å²) in [5, 5.41) is 12.3. The number of amidine groups is 1. The van der Waals surface area contributed by atoms with E-state index in [1.54, 1.807) is 61.5 Å².